The molecule has 0 aliphatic rings. The van der Waals surface area contributed by atoms with E-state index in [4.69, 9.17) is 38.6 Å². The monoisotopic (exact) mass is 306 g/mol. The van der Waals surface area contributed by atoms with E-state index in [-0.39, 0.29) is 5.57 Å². The molecule has 0 radical (unpaired) electrons. The second-order valence-corrected chi connectivity index (χ2v) is 4.68. The Bertz CT molecular complexity index is 742. The van der Waals surface area contributed by atoms with Gasteiger partial charge in [-0.25, -0.2) is 0 Å². The van der Waals surface area contributed by atoms with E-state index in [1.165, 1.54) is 6.08 Å². The molecule has 100 valence electrons. The molecule has 0 saturated heterocycles. The Kier molecular flexibility index (Phi) is 4.14. The topological polar surface area (TPSA) is 80.0 Å². The third-order valence-corrected chi connectivity index (χ3v) is 3.24. The number of primary amides is 1. The van der Waals surface area contributed by atoms with Crippen LogP contribution in [0.3, 0.4) is 0 Å². The SMILES string of the molecule is N#C/C(=C/c1ccc(-c2ccc(Cl)c(Cl)c2)o1)C(N)=O. The van der Waals surface area contributed by atoms with Gasteiger partial charge >= 0.3 is 0 Å². The summed E-state index contributed by atoms with van der Waals surface area (Å²) in [5.74, 6) is 0.0815. The quantitative estimate of drug-likeness (QED) is 0.694. The van der Waals surface area contributed by atoms with Crippen LogP contribution < -0.4 is 5.73 Å². The number of hydrogen-bond acceptors (Lipinski definition) is 3. The van der Waals surface area contributed by atoms with Crippen molar-refractivity contribution < 1.29 is 9.21 Å². The maximum Gasteiger partial charge on any atom is 0.259 e. The van der Waals surface area contributed by atoms with E-state index >= 15 is 0 Å². The number of nitrogens with two attached hydrogens (primary N) is 1. The molecule has 0 bridgehead atoms. The van der Waals surface area contributed by atoms with Gasteiger partial charge in [-0.1, -0.05) is 23.2 Å². The normalized spacial score (nSPS) is 11.2. The number of furan rings is 1. The number of carbonyl (C=O) groups is 1. The fourth-order valence-corrected chi connectivity index (χ4v) is 1.83. The summed E-state index contributed by atoms with van der Waals surface area (Å²) in [5.41, 5.74) is 5.60. The maximum absolute atomic E-state index is 11.0. The molecule has 1 heterocycles. The Balaban J connectivity index is 2.36. The van der Waals surface area contributed by atoms with E-state index in [0.29, 0.717) is 21.6 Å². The van der Waals surface area contributed by atoms with Crippen molar-refractivity contribution in [1.82, 2.24) is 0 Å². The summed E-state index contributed by atoms with van der Waals surface area (Å²) in [6.45, 7) is 0. The molecule has 20 heavy (non-hydrogen) atoms. The van der Waals surface area contributed by atoms with Gasteiger partial charge in [0.05, 0.1) is 10.0 Å². The van der Waals surface area contributed by atoms with Gasteiger partial charge in [0.25, 0.3) is 5.91 Å². The summed E-state index contributed by atoms with van der Waals surface area (Å²) in [4.78, 5) is 11.0. The largest absolute Gasteiger partial charge is 0.457 e. The summed E-state index contributed by atoms with van der Waals surface area (Å²) in [6.07, 6.45) is 1.28. The average Bonchev–Trinajstić information content (AvgIpc) is 2.87. The van der Waals surface area contributed by atoms with Gasteiger partial charge in [-0.05, 0) is 30.3 Å². The fourth-order valence-electron chi connectivity index (χ4n) is 1.54. The number of amides is 1. The van der Waals surface area contributed by atoms with Crippen molar-refractivity contribution in [2.45, 2.75) is 0 Å². The van der Waals surface area contributed by atoms with Crippen LogP contribution in [0.2, 0.25) is 10.0 Å². The average molecular weight is 307 g/mol. The number of hydrogen-bond donors (Lipinski definition) is 1. The van der Waals surface area contributed by atoms with E-state index in [9.17, 15) is 4.79 Å². The molecular formula is C14H8Cl2N2O2. The molecule has 0 saturated carbocycles. The molecule has 1 aromatic carbocycles. The van der Waals surface area contributed by atoms with Crippen molar-refractivity contribution in [1.29, 1.82) is 5.26 Å². The molecule has 0 fully saturated rings. The van der Waals surface area contributed by atoms with Crippen LogP contribution in [0.1, 0.15) is 5.76 Å². The number of benzene rings is 1. The van der Waals surface area contributed by atoms with E-state index < -0.39 is 5.91 Å². The molecule has 4 nitrogen and oxygen atoms in total. The summed E-state index contributed by atoms with van der Waals surface area (Å²) in [5, 5.41) is 9.61. The Morgan fingerprint density at radius 3 is 2.60 bits per heavy atom. The van der Waals surface area contributed by atoms with E-state index in [0.717, 1.165) is 5.56 Å². The van der Waals surface area contributed by atoms with E-state index in [1.807, 2.05) is 0 Å². The van der Waals surface area contributed by atoms with Crippen LogP contribution in [-0.4, -0.2) is 5.91 Å². The first-order chi connectivity index (χ1) is 9.51. The number of halogens is 2. The van der Waals surface area contributed by atoms with E-state index in [1.54, 1.807) is 36.4 Å². The van der Waals surface area contributed by atoms with Crippen LogP contribution in [0, 0.1) is 11.3 Å². The molecule has 1 amide bonds. The highest BCUT2D eigenvalue weighted by atomic mass is 35.5. The van der Waals surface area contributed by atoms with Gasteiger partial charge in [-0.2, -0.15) is 5.26 Å². The summed E-state index contributed by atoms with van der Waals surface area (Å²) >= 11 is 11.8. The number of nitriles is 1. The highest BCUT2D eigenvalue weighted by molar-refractivity contribution is 6.42. The zero-order valence-electron chi connectivity index (χ0n) is 10.1. The molecule has 0 unspecified atom stereocenters. The molecule has 2 N–H and O–H groups in total. The second kappa shape index (κ2) is 5.83. The first kappa shape index (κ1) is 14.2. The molecule has 2 aromatic rings. The highest BCUT2D eigenvalue weighted by Crippen LogP contribution is 2.29. The summed E-state index contributed by atoms with van der Waals surface area (Å²) in [6, 6.07) is 10.1. The van der Waals surface area contributed by atoms with Gasteiger partial charge < -0.3 is 10.2 Å². The Morgan fingerprint density at radius 2 is 2.00 bits per heavy atom. The van der Waals surface area contributed by atoms with Gasteiger partial charge in [0, 0.05) is 11.6 Å². The van der Waals surface area contributed by atoms with Crippen LogP contribution in [0.4, 0.5) is 0 Å². The minimum Gasteiger partial charge on any atom is -0.457 e. The Hall–Kier alpha value is -2.22. The highest BCUT2D eigenvalue weighted by Gasteiger charge is 2.08. The number of nitrogens with zero attached hydrogens (tertiary/aromatic N) is 1. The standard InChI is InChI=1S/C14H8Cl2N2O2/c15-11-3-1-8(6-12(11)16)13-4-2-10(20-13)5-9(7-17)14(18)19/h1-6H,(H2,18,19)/b9-5-. The van der Waals surface area contributed by atoms with Gasteiger partial charge in [0.1, 0.15) is 23.2 Å². The predicted octanol–water partition coefficient (Wildman–Crippen LogP) is 3.65. The molecule has 6 heteroatoms. The van der Waals surface area contributed by atoms with Crippen molar-refractivity contribution in [3.8, 4) is 17.4 Å². The lowest BCUT2D eigenvalue weighted by molar-refractivity contribution is -0.114. The van der Waals surface area contributed by atoms with Crippen molar-refractivity contribution in [3.63, 3.8) is 0 Å². The first-order valence-corrected chi connectivity index (χ1v) is 6.23. The zero-order chi connectivity index (χ0) is 14.7. The van der Waals surface area contributed by atoms with Crippen molar-refractivity contribution >= 4 is 35.2 Å². The Morgan fingerprint density at radius 1 is 1.25 bits per heavy atom. The van der Waals surface area contributed by atoms with Crippen LogP contribution in [0.5, 0.6) is 0 Å². The number of rotatable bonds is 3. The molecule has 2 rings (SSSR count). The fraction of sp³-hybridized carbons (Fsp3) is 0. The molecule has 0 aliphatic carbocycles. The molecular weight excluding hydrogens is 299 g/mol. The van der Waals surface area contributed by atoms with Gasteiger partial charge in [-0.3, -0.25) is 4.79 Å². The zero-order valence-corrected chi connectivity index (χ0v) is 11.6. The minimum atomic E-state index is -0.806. The lowest BCUT2D eigenvalue weighted by atomic mass is 10.2. The van der Waals surface area contributed by atoms with Crippen LogP contribution >= 0.6 is 23.2 Å². The van der Waals surface area contributed by atoms with Crippen LogP contribution in [-0.2, 0) is 4.79 Å². The van der Waals surface area contributed by atoms with Crippen LogP contribution in [0.25, 0.3) is 17.4 Å². The van der Waals surface area contributed by atoms with Crippen molar-refractivity contribution in [3.05, 3.63) is 51.7 Å². The molecule has 0 atom stereocenters. The van der Waals surface area contributed by atoms with E-state index in [2.05, 4.69) is 0 Å². The summed E-state index contributed by atoms with van der Waals surface area (Å²) in [7, 11) is 0. The Labute approximate surface area is 125 Å². The van der Waals surface area contributed by atoms with Crippen molar-refractivity contribution in [2.24, 2.45) is 5.73 Å². The number of carbonyl (C=O) groups excluding carboxylic acids is 1. The predicted molar refractivity (Wildman–Crippen MR) is 76.9 cm³/mol. The third-order valence-electron chi connectivity index (χ3n) is 2.50. The van der Waals surface area contributed by atoms with Gasteiger partial charge in [0.2, 0.25) is 0 Å². The third kappa shape index (κ3) is 3.02. The van der Waals surface area contributed by atoms with Gasteiger partial charge in [-0.15, -0.1) is 0 Å². The van der Waals surface area contributed by atoms with Crippen LogP contribution in [0.15, 0.2) is 40.3 Å². The summed E-state index contributed by atoms with van der Waals surface area (Å²) < 4.78 is 5.51. The van der Waals surface area contributed by atoms with Gasteiger partial charge in [0.15, 0.2) is 0 Å². The molecule has 1 aromatic heterocycles. The maximum atomic E-state index is 11.0. The van der Waals surface area contributed by atoms with Crippen molar-refractivity contribution in [2.75, 3.05) is 0 Å². The lowest BCUT2D eigenvalue weighted by Crippen LogP contribution is -2.12. The molecule has 0 aliphatic heterocycles. The first-order valence-electron chi connectivity index (χ1n) is 5.48. The minimum absolute atomic E-state index is 0.181. The molecule has 0 spiro atoms. The smallest absolute Gasteiger partial charge is 0.259 e. The second-order valence-electron chi connectivity index (χ2n) is 3.86. The lowest BCUT2D eigenvalue weighted by Gasteiger charge is -1.99.